The first kappa shape index (κ1) is 14.8. The fourth-order valence-corrected chi connectivity index (χ4v) is 2.28. The number of nitrogens with zero attached hydrogens (tertiary/aromatic N) is 2. The molecule has 1 amide bonds. The van der Waals surface area contributed by atoms with Gasteiger partial charge in [-0.3, -0.25) is 4.79 Å². The van der Waals surface area contributed by atoms with Gasteiger partial charge in [-0.25, -0.2) is 4.98 Å². The van der Waals surface area contributed by atoms with Crippen molar-refractivity contribution in [2.24, 2.45) is 0 Å². The average Bonchev–Trinajstić information content (AvgIpc) is 2.52. The summed E-state index contributed by atoms with van der Waals surface area (Å²) in [6.07, 6.45) is 5.65. The second-order valence-corrected chi connectivity index (χ2v) is 4.99. The molecule has 0 atom stereocenters. The van der Waals surface area contributed by atoms with E-state index in [4.69, 9.17) is 4.74 Å². The lowest BCUT2D eigenvalue weighted by Gasteiger charge is -2.27. The summed E-state index contributed by atoms with van der Waals surface area (Å²) in [5.74, 6) is 0.945. The molecule has 20 heavy (non-hydrogen) atoms. The predicted molar refractivity (Wildman–Crippen MR) is 78.6 cm³/mol. The molecule has 1 aromatic heterocycles. The van der Waals surface area contributed by atoms with E-state index in [1.165, 1.54) is 19.3 Å². The number of pyridine rings is 1. The Morgan fingerprint density at radius 1 is 1.35 bits per heavy atom. The quantitative estimate of drug-likeness (QED) is 0.860. The zero-order valence-electron chi connectivity index (χ0n) is 12.1. The molecule has 5 nitrogen and oxygen atoms in total. The van der Waals surface area contributed by atoms with E-state index >= 15 is 0 Å². The molecule has 2 heterocycles. The molecule has 110 valence electrons. The van der Waals surface area contributed by atoms with Crippen molar-refractivity contribution in [1.29, 1.82) is 0 Å². The molecule has 2 rings (SSSR count). The Kier molecular flexibility index (Phi) is 5.80. The van der Waals surface area contributed by atoms with E-state index in [1.54, 1.807) is 0 Å². The Labute approximate surface area is 120 Å². The van der Waals surface area contributed by atoms with Gasteiger partial charge in [-0.15, -0.1) is 0 Å². The number of hydrogen-bond acceptors (Lipinski definition) is 4. The van der Waals surface area contributed by atoms with Crippen LogP contribution in [-0.2, 0) is 16.1 Å². The largest absolute Gasteiger partial charge is 0.372 e. The van der Waals surface area contributed by atoms with Crippen molar-refractivity contribution >= 4 is 11.7 Å². The number of anilines is 1. The molecule has 0 unspecified atom stereocenters. The first-order valence-electron chi connectivity index (χ1n) is 7.34. The first-order valence-corrected chi connectivity index (χ1v) is 7.34. The van der Waals surface area contributed by atoms with Crippen molar-refractivity contribution in [2.45, 2.75) is 32.7 Å². The second-order valence-electron chi connectivity index (χ2n) is 4.99. The van der Waals surface area contributed by atoms with E-state index in [1.807, 2.05) is 25.3 Å². The van der Waals surface area contributed by atoms with Gasteiger partial charge in [0.2, 0.25) is 5.91 Å². The van der Waals surface area contributed by atoms with Gasteiger partial charge in [0.25, 0.3) is 0 Å². The molecule has 1 fully saturated rings. The van der Waals surface area contributed by atoms with Crippen LogP contribution in [0, 0.1) is 0 Å². The molecule has 1 aliphatic rings. The monoisotopic (exact) mass is 277 g/mol. The lowest BCUT2D eigenvalue weighted by atomic mass is 10.1. The normalized spacial score (nSPS) is 15.2. The third-order valence-corrected chi connectivity index (χ3v) is 3.42. The molecule has 1 aliphatic heterocycles. The number of nitrogens with one attached hydrogen (secondary N) is 1. The Bertz CT molecular complexity index is 414. The minimum atomic E-state index is -0.0908. The topological polar surface area (TPSA) is 54.5 Å². The Morgan fingerprint density at radius 3 is 2.80 bits per heavy atom. The van der Waals surface area contributed by atoms with Crippen molar-refractivity contribution in [3.05, 3.63) is 23.9 Å². The van der Waals surface area contributed by atoms with Gasteiger partial charge in [0, 0.05) is 32.4 Å². The maximum atomic E-state index is 11.4. The molecule has 1 N–H and O–H groups in total. The second kappa shape index (κ2) is 7.85. The Hall–Kier alpha value is -1.62. The van der Waals surface area contributed by atoms with Crippen LogP contribution in [0.5, 0.6) is 0 Å². The number of aromatic nitrogens is 1. The number of carbonyl (C=O) groups excluding carboxylic acids is 1. The summed E-state index contributed by atoms with van der Waals surface area (Å²) in [7, 11) is 0. The van der Waals surface area contributed by atoms with Crippen LogP contribution in [0.4, 0.5) is 5.82 Å². The summed E-state index contributed by atoms with van der Waals surface area (Å²) in [6.45, 7) is 5.24. The fourth-order valence-electron chi connectivity index (χ4n) is 2.28. The van der Waals surface area contributed by atoms with E-state index in [0.717, 1.165) is 24.5 Å². The maximum Gasteiger partial charge on any atom is 0.246 e. The van der Waals surface area contributed by atoms with Crippen LogP contribution in [0.1, 0.15) is 31.7 Å². The summed E-state index contributed by atoms with van der Waals surface area (Å²) in [5, 5.41) is 2.82. The lowest BCUT2D eigenvalue weighted by molar-refractivity contribution is -0.125. The van der Waals surface area contributed by atoms with Crippen LogP contribution in [0.3, 0.4) is 0 Å². The van der Waals surface area contributed by atoms with Crippen LogP contribution < -0.4 is 10.2 Å². The molecule has 0 aromatic carbocycles. The van der Waals surface area contributed by atoms with Crippen LogP contribution in [0.15, 0.2) is 18.3 Å². The van der Waals surface area contributed by atoms with Crippen LogP contribution in [0.2, 0.25) is 0 Å². The molecular weight excluding hydrogens is 254 g/mol. The number of piperidine rings is 1. The highest BCUT2D eigenvalue weighted by atomic mass is 16.5. The summed E-state index contributed by atoms with van der Waals surface area (Å²) >= 11 is 0. The van der Waals surface area contributed by atoms with Crippen molar-refractivity contribution in [3.63, 3.8) is 0 Å². The van der Waals surface area contributed by atoms with Gasteiger partial charge in [0.05, 0.1) is 0 Å². The molecule has 0 radical (unpaired) electrons. The minimum Gasteiger partial charge on any atom is -0.372 e. The van der Waals surface area contributed by atoms with Crippen LogP contribution in [-0.4, -0.2) is 37.2 Å². The summed E-state index contributed by atoms with van der Waals surface area (Å²) in [4.78, 5) is 18.2. The highest BCUT2D eigenvalue weighted by Gasteiger charge is 2.11. The van der Waals surface area contributed by atoms with Crippen molar-refractivity contribution in [1.82, 2.24) is 10.3 Å². The standard InChI is InChI=1S/C15H23N3O2/c1-2-20-12-15(19)17-11-13-6-7-14(16-10-13)18-8-4-3-5-9-18/h6-7,10H,2-5,8-9,11-12H2,1H3,(H,17,19). The number of hydrogen-bond donors (Lipinski definition) is 1. The summed E-state index contributed by atoms with van der Waals surface area (Å²) < 4.78 is 5.05. The highest BCUT2D eigenvalue weighted by molar-refractivity contribution is 5.77. The van der Waals surface area contributed by atoms with Crippen molar-refractivity contribution in [3.8, 4) is 0 Å². The average molecular weight is 277 g/mol. The Balaban J connectivity index is 1.80. The highest BCUT2D eigenvalue weighted by Crippen LogP contribution is 2.17. The van der Waals surface area contributed by atoms with Gasteiger partial charge in [0.1, 0.15) is 12.4 Å². The van der Waals surface area contributed by atoms with E-state index < -0.39 is 0 Å². The van der Waals surface area contributed by atoms with Gasteiger partial charge in [-0.1, -0.05) is 6.07 Å². The van der Waals surface area contributed by atoms with Gasteiger partial charge in [-0.2, -0.15) is 0 Å². The van der Waals surface area contributed by atoms with Crippen molar-refractivity contribution in [2.75, 3.05) is 31.2 Å². The SMILES string of the molecule is CCOCC(=O)NCc1ccc(N2CCCCC2)nc1. The zero-order valence-corrected chi connectivity index (χ0v) is 12.1. The van der Waals surface area contributed by atoms with E-state index in [0.29, 0.717) is 13.2 Å². The van der Waals surface area contributed by atoms with Gasteiger partial charge < -0.3 is 15.0 Å². The fraction of sp³-hybridized carbons (Fsp3) is 0.600. The van der Waals surface area contributed by atoms with E-state index in [9.17, 15) is 4.79 Å². The van der Waals surface area contributed by atoms with E-state index in [-0.39, 0.29) is 12.5 Å². The van der Waals surface area contributed by atoms with Crippen molar-refractivity contribution < 1.29 is 9.53 Å². The number of ether oxygens (including phenoxy) is 1. The van der Waals surface area contributed by atoms with Gasteiger partial charge >= 0.3 is 0 Å². The predicted octanol–water partition coefficient (Wildman–Crippen LogP) is 1.72. The molecule has 5 heteroatoms. The Morgan fingerprint density at radius 2 is 2.15 bits per heavy atom. The number of amides is 1. The molecule has 0 aliphatic carbocycles. The third-order valence-electron chi connectivity index (χ3n) is 3.42. The maximum absolute atomic E-state index is 11.4. The van der Waals surface area contributed by atoms with Crippen LogP contribution >= 0.6 is 0 Å². The smallest absolute Gasteiger partial charge is 0.246 e. The summed E-state index contributed by atoms with van der Waals surface area (Å²) in [5.41, 5.74) is 1.01. The molecule has 0 spiro atoms. The first-order chi connectivity index (χ1) is 9.79. The molecule has 0 bridgehead atoms. The third kappa shape index (κ3) is 4.49. The van der Waals surface area contributed by atoms with Gasteiger partial charge in [0.15, 0.2) is 0 Å². The molecule has 1 aromatic rings. The summed E-state index contributed by atoms with van der Waals surface area (Å²) in [6, 6.07) is 4.06. The lowest BCUT2D eigenvalue weighted by Crippen LogP contribution is -2.30. The molecular formula is C15H23N3O2. The van der Waals surface area contributed by atoms with Crippen LogP contribution in [0.25, 0.3) is 0 Å². The number of rotatable bonds is 6. The van der Waals surface area contributed by atoms with Gasteiger partial charge in [-0.05, 0) is 37.8 Å². The number of carbonyl (C=O) groups is 1. The molecule has 1 saturated heterocycles. The van der Waals surface area contributed by atoms with E-state index in [2.05, 4.69) is 15.2 Å². The minimum absolute atomic E-state index is 0.0908. The molecule has 0 saturated carbocycles. The zero-order chi connectivity index (χ0) is 14.2.